The molecule has 0 amide bonds. The fraction of sp³-hybridized carbons (Fsp3) is 0.300. The molecule has 2 aromatic rings. The number of H-pyrrole nitrogens is 1. The number of benzene rings is 1. The van der Waals surface area contributed by atoms with Gasteiger partial charge >= 0.3 is 11.9 Å². The third-order valence-corrected chi connectivity index (χ3v) is 4.58. The molecule has 6 N–H and O–H groups in total. The first-order valence-corrected chi connectivity index (χ1v) is 8.73. The van der Waals surface area contributed by atoms with Crippen LogP contribution in [0, 0.1) is 0 Å². The summed E-state index contributed by atoms with van der Waals surface area (Å²) >= 11 is 0. The minimum Gasteiger partial charge on any atom is -0.466 e. The monoisotopic (exact) mass is 404 g/mol. The van der Waals surface area contributed by atoms with Crippen molar-refractivity contribution in [2.24, 2.45) is 5.73 Å². The predicted molar refractivity (Wildman–Crippen MR) is 104 cm³/mol. The summed E-state index contributed by atoms with van der Waals surface area (Å²) in [6.45, 7) is -1.13. The number of nitrogens with one attached hydrogen (secondary N) is 1. The summed E-state index contributed by atoms with van der Waals surface area (Å²) in [6, 6.07) is 3.26. The molecule has 0 aliphatic carbocycles. The van der Waals surface area contributed by atoms with E-state index in [2.05, 4.69) is 9.72 Å². The highest BCUT2D eigenvalue weighted by Crippen LogP contribution is 2.36. The van der Waals surface area contributed by atoms with Gasteiger partial charge in [0, 0.05) is 29.4 Å². The molecule has 2 rings (SSSR count). The topological polar surface area (TPSA) is 155 Å². The molecule has 0 radical (unpaired) electrons. The molecule has 1 aromatic carbocycles. The van der Waals surface area contributed by atoms with Crippen LogP contribution in [0.3, 0.4) is 0 Å². The van der Waals surface area contributed by atoms with Crippen LogP contribution in [0.5, 0.6) is 0 Å². The summed E-state index contributed by atoms with van der Waals surface area (Å²) in [6.07, 6.45) is 2.54. The van der Waals surface area contributed by atoms with Crippen molar-refractivity contribution in [2.45, 2.75) is 26.4 Å². The molecule has 0 spiro atoms. The van der Waals surface area contributed by atoms with Gasteiger partial charge in [-0.15, -0.1) is 0 Å². The third kappa shape index (κ3) is 4.38. The van der Waals surface area contributed by atoms with Gasteiger partial charge in [0.05, 0.1) is 34.0 Å². The molecule has 0 saturated heterocycles. The van der Waals surface area contributed by atoms with Gasteiger partial charge in [-0.1, -0.05) is 12.1 Å². The maximum Gasteiger partial charge on any atom is 0.355 e. The third-order valence-electron chi connectivity index (χ3n) is 4.58. The van der Waals surface area contributed by atoms with E-state index in [1.165, 1.54) is 20.3 Å². The van der Waals surface area contributed by atoms with Crippen molar-refractivity contribution in [1.29, 1.82) is 0 Å². The fourth-order valence-electron chi connectivity index (χ4n) is 3.18. The van der Waals surface area contributed by atoms with Crippen LogP contribution in [0.4, 0.5) is 0 Å². The summed E-state index contributed by atoms with van der Waals surface area (Å²) in [5.41, 5.74) is 8.88. The Labute approximate surface area is 167 Å². The molecule has 29 heavy (non-hydrogen) atoms. The van der Waals surface area contributed by atoms with E-state index in [1.54, 1.807) is 12.1 Å². The van der Waals surface area contributed by atoms with E-state index in [9.17, 15) is 24.9 Å². The lowest BCUT2D eigenvalue weighted by Gasteiger charge is -2.16. The van der Waals surface area contributed by atoms with Crippen LogP contribution in [-0.2, 0) is 40.6 Å². The maximum absolute atomic E-state index is 12.3. The molecular formula is C20H24N2O7. The van der Waals surface area contributed by atoms with E-state index >= 15 is 0 Å². The molecule has 9 nitrogen and oxygen atoms in total. The first-order chi connectivity index (χ1) is 14.0. The number of carbonyl (C=O) groups is 2. The van der Waals surface area contributed by atoms with Gasteiger partial charge < -0.3 is 35.5 Å². The zero-order valence-electron chi connectivity index (χ0n) is 16.2. The highest BCUT2D eigenvalue weighted by atomic mass is 16.5. The molecule has 0 saturated carbocycles. The lowest BCUT2D eigenvalue weighted by atomic mass is 9.90. The van der Waals surface area contributed by atoms with Crippen molar-refractivity contribution < 1.29 is 34.4 Å². The number of rotatable bonds is 8. The maximum atomic E-state index is 12.3. The quantitative estimate of drug-likeness (QED) is 0.316. The van der Waals surface area contributed by atoms with Crippen molar-refractivity contribution in [3.8, 4) is 11.1 Å². The molecule has 1 heterocycles. The van der Waals surface area contributed by atoms with Gasteiger partial charge in [0.15, 0.2) is 0 Å². The Bertz CT molecular complexity index is 931. The van der Waals surface area contributed by atoms with Gasteiger partial charge in [-0.25, -0.2) is 9.59 Å². The second kappa shape index (κ2) is 9.99. The number of aromatic amines is 1. The zero-order valence-corrected chi connectivity index (χ0v) is 16.2. The van der Waals surface area contributed by atoms with Crippen LogP contribution >= 0.6 is 0 Å². The van der Waals surface area contributed by atoms with Gasteiger partial charge in [-0.3, -0.25) is 0 Å². The van der Waals surface area contributed by atoms with Gasteiger partial charge in [0.25, 0.3) is 0 Å². The highest BCUT2D eigenvalue weighted by Gasteiger charge is 2.25. The van der Waals surface area contributed by atoms with Crippen molar-refractivity contribution in [2.75, 3.05) is 14.2 Å². The van der Waals surface area contributed by atoms with Gasteiger partial charge in [-0.05, 0) is 28.3 Å². The number of hydrogen-bond donors (Lipinski definition) is 5. The molecular weight excluding hydrogens is 380 g/mol. The Morgan fingerprint density at radius 3 is 2.28 bits per heavy atom. The van der Waals surface area contributed by atoms with E-state index in [-0.39, 0.29) is 18.8 Å². The van der Waals surface area contributed by atoms with Crippen molar-refractivity contribution >= 4 is 18.0 Å². The Balaban J connectivity index is 2.87. The lowest BCUT2D eigenvalue weighted by Crippen LogP contribution is -2.05. The van der Waals surface area contributed by atoms with Crippen LogP contribution in [0.1, 0.15) is 38.4 Å². The van der Waals surface area contributed by atoms with E-state index < -0.39 is 25.2 Å². The minimum absolute atomic E-state index is 0.0203. The standard InChI is InChI=1S/C20H24N2O7/c1-28-17(26)6-5-13-18(16(7-21)22-19(13)20(27)29-2)12-4-3-11(8-23)14(9-24)15(12)10-25/h3-6,22-25H,7-10,21H2,1-2H3/b6-5+. The van der Waals surface area contributed by atoms with Crippen LogP contribution in [-0.4, -0.2) is 46.5 Å². The van der Waals surface area contributed by atoms with E-state index in [0.29, 0.717) is 39.1 Å². The smallest absolute Gasteiger partial charge is 0.355 e. The van der Waals surface area contributed by atoms with Crippen molar-refractivity contribution in [3.63, 3.8) is 0 Å². The molecule has 9 heteroatoms. The highest BCUT2D eigenvalue weighted by molar-refractivity contribution is 5.99. The SMILES string of the molecule is COC(=O)/C=C/c1c(C(=O)OC)[nH]c(CN)c1-c1ccc(CO)c(CO)c1CO. The van der Waals surface area contributed by atoms with Crippen LogP contribution in [0.25, 0.3) is 17.2 Å². The number of aromatic nitrogens is 1. The van der Waals surface area contributed by atoms with E-state index in [1.807, 2.05) is 0 Å². The summed E-state index contributed by atoms with van der Waals surface area (Å²) in [5, 5.41) is 29.3. The number of ether oxygens (including phenoxy) is 2. The van der Waals surface area contributed by atoms with Gasteiger partial charge in [0.2, 0.25) is 0 Å². The van der Waals surface area contributed by atoms with Crippen LogP contribution in [0.15, 0.2) is 18.2 Å². The molecule has 0 fully saturated rings. The van der Waals surface area contributed by atoms with Gasteiger partial charge in [-0.2, -0.15) is 0 Å². The zero-order chi connectivity index (χ0) is 21.6. The lowest BCUT2D eigenvalue weighted by molar-refractivity contribution is -0.134. The number of esters is 2. The summed E-state index contributed by atoms with van der Waals surface area (Å²) < 4.78 is 9.42. The molecule has 0 atom stereocenters. The number of aliphatic hydroxyl groups is 3. The Morgan fingerprint density at radius 2 is 1.76 bits per heavy atom. The molecule has 0 aliphatic heterocycles. The van der Waals surface area contributed by atoms with Crippen molar-refractivity contribution in [1.82, 2.24) is 4.98 Å². The fourth-order valence-corrected chi connectivity index (χ4v) is 3.18. The average molecular weight is 404 g/mol. The molecule has 0 bridgehead atoms. The Morgan fingerprint density at radius 1 is 1.07 bits per heavy atom. The predicted octanol–water partition coefficient (Wildman–Crippen LogP) is 0.590. The largest absolute Gasteiger partial charge is 0.466 e. The van der Waals surface area contributed by atoms with Crippen molar-refractivity contribution in [3.05, 3.63) is 51.9 Å². The summed E-state index contributed by atoms with van der Waals surface area (Å²) in [5.74, 6) is -1.30. The second-order valence-electron chi connectivity index (χ2n) is 6.02. The molecule has 0 unspecified atom stereocenters. The van der Waals surface area contributed by atoms with Gasteiger partial charge in [0.1, 0.15) is 5.69 Å². The number of aliphatic hydroxyl groups excluding tert-OH is 3. The van der Waals surface area contributed by atoms with Crippen LogP contribution in [0.2, 0.25) is 0 Å². The second-order valence-corrected chi connectivity index (χ2v) is 6.02. The normalized spacial score (nSPS) is 11.1. The summed E-state index contributed by atoms with van der Waals surface area (Å²) in [7, 11) is 2.44. The van der Waals surface area contributed by atoms with E-state index in [0.717, 1.165) is 6.08 Å². The average Bonchev–Trinajstić information content (AvgIpc) is 3.13. The van der Waals surface area contributed by atoms with E-state index in [4.69, 9.17) is 10.5 Å². The summed E-state index contributed by atoms with van der Waals surface area (Å²) in [4.78, 5) is 26.8. The number of carbonyl (C=O) groups excluding carboxylic acids is 2. The molecule has 156 valence electrons. The molecule has 0 aliphatic rings. The first kappa shape index (κ1) is 22.3. The minimum atomic E-state index is -0.671. The number of methoxy groups -OCH3 is 2. The van der Waals surface area contributed by atoms with Crippen LogP contribution < -0.4 is 5.73 Å². The Kier molecular flexibility index (Phi) is 7.68. The Hall–Kier alpha value is -2.98. The number of hydrogen-bond acceptors (Lipinski definition) is 8. The molecule has 1 aromatic heterocycles. The number of nitrogens with two attached hydrogens (primary N) is 1. The first-order valence-electron chi connectivity index (χ1n) is 8.73.